The van der Waals surface area contributed by atoms with Gasteiger partial charge >= 0.3 is 17.1 Å². The average molecular weight is 501 g/mol. The molecule has 0 aliphatic carbocycles. The van der Waals surface area contributed by atoms with Crippen molar-refractivity contribution >= 4 is 17.1 Å². The van der Waals surface area contributed by atoms with Crippen LogP contribution in [0.5, 0.6) is 0 Å². The molecule has 0 aliphatic heterocycles. The minimum atomic E-state index is -2.39. The number of allylic oxidation sites excluding steroid dienone is 2. The van der Waals surface area contributed by atoms with Crippen molar-refractivity contribution in [2.45, 2.75) is 124 Å². The van der Waals surface area contributed by atoms with E-state index in [-0.39, 0.29) is 0 Å². The summed E-state index contributed by atoms with van der Waals surface area (Å²) in [4.78, 5) is 0. The van der Waals surface area contributed by atoms with E-state index in [1.807, 2.05) is 0 Å². The lowest BCUT2D eigenvalue weighted by Crippen LogP contribution is -2.44. The topological polar surface area (TPSA) is 36.9 Å². The van der Waals surface area contributed by atoms with E-state index in [4.69, 9.17) is 17.7 Å². The first-order valence-electron chi connectivity index (χ1n) is 14.0. The monoisotopic (exact) mass is 500 g/mol. The third-order valence-electron chi connectivity index (χ3n) is 5.44. The lowest BCUT2D eigenvalue weighted by atomic mass is 10.2. The summed E-state index contributed by atoms with van der Waals surface area (Å²) in [6.45, 7) is 16.3. The van der Waals surface area contributed by atoms with Crippen molar-refractivity contribution in [3.05, 3.63) is 23.6 Å². The van der Waals surface area contributed by atoms with Crippen LogP contribution in [0.1, 0.15) is 112 Å². The largest absolute Gasteiger partial charge is 0.391 e. The Labute approximate surface area is 209 Å². The van der Waals surface area contributed by atoms with Gasteiger partial charge in [0.15, 0.2) is 0 Å². The van der Waals surface area contributed by atoms with E-state index in [1.165, 1.54) is 25.7 Å². The van der Waals surface area contributed by atoms with Crippen LogP contribution in [0, 0.1) is 0 Å². The molecule has 0 unspecified atom stereocenters. The van der Waals surface area contributed by atoms with Crippen LogP contribution >= 0.6 is 0 Å². The molecule has 0 amide bonds. The van der Waals surface area contributed by atoms with E-state index in [2.05, 4.69) is 65.1 Å². The summed E-state index contributed by atoms with van der Waals surface area (Å²) in [5, 5.41) is 0. The molecule has 0 heterocycles. The Bertz CT molecular complexity index is 425. The van der Waals surface area contributed by atoms with Gasteiger partial charge < -0.3 is 17.7 Å². The quantitative estimate of drug-likeness (QED) is 0.0982. The Hall–Kier alpha value is -0.246. The zero-order valence-electron chi connectivity index (χ0n) is 23.0. The van der Waals surface area contributed by atoms with Gasteiger partial charge in [-0.15, -0.1) is 0 Å². The van der Waals surface area contributed by atoms with Crippen LogP contribution in [0.4, 0.5) is 0 Å². The molecule has 0 bridgehead atoms. The minimum absolute atomic E-state index is 0.770. The standard InChI is InChI=1S/C27H56O4Si2/c1-7-13-15-17-24-32(28-20-9-3,29-21-10-4)26-19-27-33(30-22-11-5,31-23-12-6)25-18-16-14-8-2/h17-18,24-25H,7-16,19-23,26-27H2,1-6H3. The molecular formula is C27H56O4Si2. The van der Waals surface area contributed by atoms with Crippen molar-refractivity contribution in [3.63, 3.8) is 0 Å². The Balaban J connectivity index is 5.53. The molecule has 0 atom stereocenters. The van der Waals surface area contributed by atoms with E-state index in [1.54, 1.807) is 0 Å². The SMILES string of the molecule is CCCCC=C[Si](CCC[Si](C=CCCCC)(OCCC)OCCC)(OCCC)OCCC. The fourth-order valence-corrected chi connectivity index (χ4v) is 9.99. The molecule has 6 heteroatoms. The van der Waals surface area contributed by atoms with Crippen molar-refractivity contribution < 1.29 is 17.7 Å². The van der Waals surface area contributed by atoms with Crippen molar-refractivity contribution in [2.75, 3.05) is 26.4 Å². The van der Waals surface area contributed by atoms with Crippen LogP contribution in [-0.4, -0.2) is 43.5 Å². The number of hydrogen-bond donors (Lipinski definition) is 0. The second kappa shape index (κ2) is 22.2. The van der Waals surface area contributed by atoms with Crippen LogP contribution in [0.3, 0.4) is 0 Å². The molecule has 4 nitrogen and oxygen atoms in total. The molecule has 0 saturated heterocycles. The number of hydrogen-bond acceptors (Lipinski definition) is 4. The highest BCUT2D eigenvalue weighted by Gasteiger charge is 2.39. The van der Waals surface area contributed by atoms with Gasteiger partial charge in [0.1, 0.15) is 0 Å². The highest BCUT2D eigenvalue weighted by Crippen LogP contribution is 2.26. The second-order valence-corrected chi connectivity index (χ2v) is 15.0. The summed E-state index contributed by atoms with van der Waals surface area (Å²) in [7, 11) is -4.77. The van der Waals surface area contributed by atoms with Crippen LogP contribution in [-0.2, 0) is 17.7 Å². The van der Waals surface area contributed by atoms with Gasteiger partial charge in [0, 0.05) is 26.4 Å². The molecule has 0 aliphatic rings. The zero-order chi connectivity index (χ0) is 24.7. The molecule has 196 valence electrons. The molecule has 0 rings (SSSR count). The van der Waals surface area contributed by atoms with Crippen molar-refractivity contribution in [1.82, 2.24) is 0 Å². The molecule has 33 heavy (non-hydrogen) atoms. The van der Waals surface area contributed by atoms with Gasteiger partial charge in [0.2, 0.25) is 0 Å². The smallest absolute Gasteiger partial charge is 0.364 e. The Morgan fingerprint density at radius 3 is 1.06 bits per heavy atom. The normalized spacial score (nSPS) is 13.0. The van der Waals surface area contributed by atoms with Gasteiger partial charge in [-0.1, -0.05) is 79.4 Å². The Kier molecular flexibility index (Phi) is 22.1. The molecule has 0 N–H and O–H groups in total. The summed E-state index contributed by atoms with van der Waals surface area (Å²) in [5.74, 6) is 0. The summed E-state index contributed by atoms with van der Waals surface area (Å²) < 4.78 is 26.0. The predicted octanol–water partition coefficient (Wildman–Crippen LogP) is 8.54. The molecule has 0 aromatic carbocycles. The first-order chi connectivity index (χ1) is 16.1. The van der Waals surface area contributed by atoms with E-state index in [0.717, 1.165) is 83.5 Å². The minimum Gasteiger partial charge on any atom is -0.391 e. The van der Waals surface area contributed by atoms with Gasteiger partial charge in [-0.2, -0.15) is 0 Å². The van der Waals surface area contributed by atoms with E-state index in [9.17, 15) is 0 Å². The summed E-state index contributed by atoms with van der Waals surface area (Å²) in [6.07, 6.45) is 16.8. The van der Waals surface area contributed by atoms with Crippen LogP contribution in [0.15, 0.2) is 23.6 Å². The van der Waals surface area contributed by atoms with Gasteiger partial charge in [0.25, 0.3) is 0 Å². The molecule has 0 fully saturated rings. The first-order valence-corrected chi connectivity index (χ1v) is 18.2. The van der Waals surface area contributed by atoms with E-state index in [0.29, 0.717) is 0 Å². The van der Waals surface area contributed by atoms with Gasteiger partial charge in [-0.3, -0.25) is 0 Å². The van der Waals surface area contributed by atoms with Gasteiger partial charge in [-0.05, 0) is 68.4 Å². The number of rotatable bonds is 24. The second-order valence-electron chi connectivity index (χ2n) is 8.96. The summed E-state index contributed by atoms with van der Waals surface area (Å²) >= 11 is 0. The molecule has 0 aromatic heterocycles. The molecule has 0 spiro atoms. The maximum Gasteiger partial charge on any atom is 0.364 e. The van der Waals surface area contributed by atoms with Crippen LogP contribution < -0.4 is 0 Å². The third kappa shape index (κ3) is 16.1. The van der Waals surface area contributed by atoms with Crippen molar-refractivity contribution in [1.29, 1.82) is 0 Å². The van der Waals surface area contributed by atoms with Gasteiger partial charge in [0.05, 0.1) is 0 Å². The lowest BCUT2D eigenvalue weighted by Gasteiger charge is -2.31. The molecular weight excluding hydrogens is 444 g/mol. The predicted molar refractivity (Wildman–Crippen MR) is 148 cm³/mol. The average Bonchev–Trinajstić information content (AvgIpc) is 2.83. The van der Waals surface area contributed by atoms with Crippen LogP contribution in [0.2, 0.25) is 12.1 Å². The Morgan fingerprint density at radius 1 is 0.455 bits per heavy atom. The third-order valence-corrected chi connectivity index (χ3v) is 11.8. The molecule has 0 saturated carbocycles. The highest BCUT2D eigenvalue weighted by atomic mass is 28.4. The maximum absolute atomic E-state index is 6.50. The van der Waals surface area contributed by atoms with Crippen LogP contribution in [0.25, 0.3) is 0 Å². The summed E-state index contributed by atoms with van der Waals surface area (Å²) in [5.41, 5.74) is 4.65. The zero-order valence-corrected chi connectivity index (χ0v) is 25.0. The fraction of sp³-hybridized carbons (Fsp3) is 0.852. The molecule has 0 radical (unpaired) electrons. The van der Waals surface area contributed by atoms with E-state index < -0.39 is 17.1 Å². The van der Waals surface area contributed by atoms with Gasteiger partial charge in [-0.25, -0.2) is 0 Å². The lowest BCUT2D eigenvalue weighted by molar-refractivity contribution is 0.172. The number of unbranched alkanes of at least 4 members (excludes halogenated alkanes) is 4. The van der Waals surface area contributed by atoms with Crippen molar-refractivity contribution in [2.24, 2.45) is 0 Å². The summed E-state index contributed by atoms with van der Waals surface area (Å²) in [6, 6.07) is 1.94. The first kappa shape index (κ1) is 32.8. The maximum atomic E-state index is 6.50. The highest BCUT2D eigenvalue weighted by molar-refractivity contribution is 6.74. The van der Waals surface area contributed by atoms with Crippen molar-refractivity contribution in [3.8, 4) is 0 Å². The molecule has 0 aromatic rings. The van der Waals surface area contributed by atoms with E-state index >= 15 is 0 Å². The fourth-order valence-electron chi connectivity index (χ4n) is 3.58. The Morgan fingerprint density at radius 2 is 0.788 bits per heavy atom.